The molecule has 2 aliphatic carbocycles. The molecule has 2 heteroatoms. The Morgan fingerprint density at radius 3 is 2.67 bits per heavy atom. The van der Waals surface area contributed by atoms with Crippen molar-refractivity contribution in [1.29, 1.82) is 0 Å². The highest BCUT2D eigenvalue weighted by molar-refractivity contribution is 6.34. The highest BCUT2D eigenvalue weighted by Gasteiger charge is 2.58. The van der Waals surface area contributed by atoms with Crippen molar-refractivity contribution in [3.63, 3.8) is 0 Å². The minimum atomic E-state index is 0.0415. The van der Waals surface area contributed by atoms with Gasteiger partial charge in [0.25, 0.3) is 0 Å². The van der Waals surface area contributed by atoms with Crippen LogP contribution >= 0.6 is 23.2 Å². The number of hydrogen-bond acceptors (Lipinski definition) is 0. The van der Waals surface area contributed by atoms with E-state index in [9.17, 15) is 0 Å². The van der Waals surface area contributed by atoms with Gasteiger partial charge in [-0.05, 0) is 25.2 Å². The second-order valence-electron chi connectivity index (χ2n) is 3.23. The molecule has 0 heterocycles. The zero-order valence-corrected chi connectivity index (χ0v) is 6.75. The molecule has 52 valence electrons. The lowest BCUT2D eigenvalue weighted by molar-refractivity contribution is 0.505. The van der Waals surface area contributed by atoms with Gasteiger partial charge in [0, 0.05) is 0 Å². The summed E-state index contributed by atoms with van der Waals surface area (Å²) in [6, 6.07) is 0. The molecule has 3 unspecified atom stereocenters. The predicted molar refractivity (Wildman–Crippen MR) is 40.2 cm³/mol. The lowest BCUT2D eigenvalue weighted by atomic mass is 10.00. The Hall–Kier alpha value is 0.580. The molecule has 2 aliphatic rings. The Morgan fingerprint density at radius 2 is 2.11 bits per heavy atom. The van der Waals surface area contributed by atoms with Gasteiger partial charge in [0.05, 0.1) is 10.3 Å². The van der Waals surface area contributed by atoms with Gasteiger partial charge in [-0.2, -0.15) is 0 Å². The predicted octanol–water partition coefficient (Wildman–Crippen LogP) is 2.78. The van der Waals surface area contributed by atoms with E-state index in [0.29, 0.717) is 0 Å². The summed E-state index contributed by atoms with van der Waals surface area (Å²) in [6.07, 6.45) is 4.89. The van der Waals surface area contributed by atoms with E-state index in [0.717, 1.165) is 12.3 Å². The fourth-order valence-corrected chi connectivity index (χ4v) is 2.65. The topological polar surface area (TPSA) is 0 Å². The monoisotopic (exact) mass is 164 g/mol. The summed E-state index contributed by atoms with van der Waals surface area (Å²) >= 11 is 12.2. The Kier molecular flexibility index (Phi) is 1.26. The van der Waals surface area contributed by atoms with Crippen LogP contribution in [0.25, 0.3) is 0 Å². The van der Waals surface area contributed by atoms with Crippen LogP contribution in [0.4, 0.5) is 0 Å². The molecule has 9 heavy (non-hydrogen) atoms. The second kappa shape index (κ2) is 1.79. The molecule has 0 spiro atoms. The average molecular weight is 165 g/mol. The van der Waals surface area contributed by atoms with E-state index >= 15 is 0 Å². The van der Waals surface area contributed by atoms with Crippen LogP contribution in [0.1, 0.15) is 25.7 Å². The Balaban J connectivity index is 2.10. The van der Waals surface area contributed by atoms with Gasteiger partial charge in [0.1, 0.15) is 0 Å². The van der Waals surface area contributed by atoms with Crippen molar-refractivity contribution in [2.24, 2.45) is 5.92 Å². The van der Waals surface area contributed by atoms with Crippen LogP contribution in [-0.2, 0) is 0 Å². The fraction of sp³-hybridized carbons (Fsp3) is 1.00. The molecule has 0 saturated heterocycles. The molecule has 0 N–H and O–H groups in total. The van der Waals surface area contributed by atoms with E-state index in [1.807, 2.05) is 0 Å². The minimum absolute atomic E-state index is 0.0415. The van der Waals surface area contributed by atoms with E-state index in [-0.39, 0.29) is 10.3 Å². The van der Waals surface area contributed by atoms with Crippen molar-refractivity contribution in [3.05, 3.63) is 0 Å². The summed E-state index contributed by atoms with van der Waals surface area (Å²) in [4.78, 5) is 0.0415. The van der Waals surface area contributed by atoms with Crippen LogP contribution in [-0.4, -0.2) is 10.3 Å². The van der Waals surface area contributed by atoms with Crippen molar-refractivity contribution in [1.82, 2.24) is 0 Å². The fourth-order valence-electron chi connectivity index (χ4n) is 1.83. The molecular formula is C7H10Cl2. The molecule has 2 rings (SSSR count). The van der Waals surface area contributed by atoms with Crippen LogP contribution < -0.4 is 0 Å². The van der Waals surface area contributed by atoms with E-state index in [1.54, 1.807) is 0 Å². The Bertz CT molecular complexity index is 135. The zero-order valence-electron chi connectivity index (χ0n) is 5.24. The average Bonchev–Trinajstić information content (AvgIpc) is 2.44. The number of rotatable bonds is 0. The first-order chi connectivity index (χ1) is 4.23. The maximum Gasteiger partial charge on any atom is 0.0641 e. The summed E-state index contributed by atoms with van der Waals surface area (Å²) in [7, 11) is 0. The van der Waals surface area contributed by atoms with Crippen molar-refractivity contribution in [3.8, 4) is 0 Å². The third-order valence-electron chi connectivity index (χ3n) is 2.61. The smallest absolute Gasteiger partial charge is 0.0641 e. The van der Waals surface area contributed by atoms with E-state index < -0.39 is 0 Å². The maximum atomic E-state index is 6.16. The summed E-state index contributed by atoms with van der Waals surface area (Å²) in [6.45, 7) is 0. The van der Waals surface area contributed by atoms with Crippen LogP contribution in [0, 0.1) is 5.92 Å². The van der Waals surface area contributed by atoms with Crippen molar-refractivity contribution in [2.45, 2.75) is 35.9 Å². The van der Waals surface area contributed by atoms with Gasteiger partial charge in [0.15, 0.2) is 0 Å². The van der Waals surface area contributed by atoms with E-state index in [2.05, 4.69) is 0 Å². The lowest BCUT2D eigenvalue weighted by Gasteiger charge is -2.20. The minimum Gasteiger partial charge on any atom is -0.121 e. The van der Waals surface area contributed by atoms with Crippen molar-refractivity contribution < 1.29 is 0 Å². The first-order valence-electron chi connectivity index (χ1n) is 3.56. The quantitative estimate of drug-likeness (QED) is 0.484. The number of halogens is 2. The molecule has 0 aromatic rings. The molecule has 2 fully saturated rings. The largest absolute Gasteiger partial charge is 0.121 e. The Labute approximate surface area is 65.5 Å². The summed E-state index contributed by atoms with van der Waals surface area (Å²) in [5, 5.41) is 0.262. The summed E-state index contributed by atoms with van der Waals surface area (Å²) in [5.41, 5.74) is 0. The third-order valence-corrected chi connectivity index (χ3v) is 4.05. The number of alkyl halides is 2. The Morgan fingerprint density at radius 1 is 1.33 bits per heavy atom. The third kappa shape index (κ3) is 0.798. The number of hydrogen-bond donors (Lipinski definition) is 0. The highest BCUT2D eigenvalue weighted by atomic mass is 35.5. The van der Waals surface area contributed by atoms with E-state index in [4.69, 9.17) is 23.2 Å². The first-order valence-corrected chi connectivity index (χ1v) is 4.38. The molecule has 0 aliphatic heterocycles. The molecule has 0 radical (unpaired) electrons. The first kappa shape index (κ1) is 6.30. The zero-order chi connectivity index (χ0) is 6.48. The van der Waals surface area contributed by atoms with Gasteiger partial charge < -0.3 is 0 Å². The van der Waals surface area contributed by atoms with Gasteiger partial charge >= 0.3 is 0 Å². The highest BCUT2D eigenvalue weighted by Crippen LogP contribution is 2.60. The summed E-state index contributed by atoms with van der Waals surface area (Å²) < 4.78 is 0. The molecular weight excluding hydrogens is 155 g/mol. The second-order valence-corrected chi connectivity index (χ2v) is 4.46. The molecule has 2 saturated carbocycles. The van der Waals surface area contributed by atoms with Gasteiger partial charge in [-0.3, -0.25) is 0 Å². The molecule has 0 aromatic carbocycles. The van der Waals surface area contributed by atoms with Crippen LogP contribution in [0.15, 0.2) is 0 Å². The lowest BCUT2D eigenvalue weighted by Crippen LogP contribution is -2.22. The van der Waals surface area contributed by atoms with Crippen molar-refractivity contribution in [2.75, 3.05) is 0 Å². The molecule has 0 aromatic heterocycles. The van der Waals surface area contributed by atoms with Crippen molar-refractivity contribution >= 4 is 23.2 Å². The van der Waals surface area contributed by atoms with Crippen LogP contribution in [0.2, 0.25) is 0 Å². The normalized spacial score (nSPS) is 56.7. The van der Waals surface area contributed by atoms with Crippen LogP contribution in [0.3, 0.4) is 0 Å². The molecule has 3 atom stereocenters. The maximum absolute atomic E-state index is 6.16. The van der Waals surface area contributed by atoms with Gasteiger partial charge in [0.2, 0.25) is 0 Å². The van der Waals surface area contributed by atoms with Gasteiger partial charge in [-0.25, -0.2) is 0 Å². The SMILES string of the molecule is ClC1CCCC2CC12Cl. The molecule has 0 amide bonds. The van der Waals surface area contributed by atoms with Gasteiger partial charge in [-0.15, -0.1) is 23.2 Å². The standard InChI is InChI=1S/C7H10Cl2/c8-6-3-1-2-5-4-7(5,6)9/h5-6H,1-4H2. The summed E-state index contributed by atoms with van der Waals surface area (Å²) in [5.74, 6) is 0.760. The molecule has 0 nitrogen and oxygen atoms in total. The van der Waals surface area contributed by atoms with Gasteiger partial charge in [-0.1, -0.05) is 6.42 Å². The molecule has 0 bridgehead atoms. The number of fused-ring (bicyclic) bond motifs is 1. The van der Waals surface area contributed by atoms with Crippen LogP contribution in [0.5, 0.6) is 0 Å². The van der Waals surface area contributed by atoms with E-state index in [1.165, 1.54) is 19.3 Å².